The van der Waals surface area contributed by atoms with Crippen molar-refractivity contribution in [2.45, 2.75) is 37.2 Å². The lowest BCUT2D eigenvalue weighted by Gasteiger charge is -2.25. The summed E-state index contributed by atoms with van der Waals surface area (Å²) in [5.74, 6) is -0.0726. The number of primary sulfonamides is 1. The van der Waals surface area contributed by atoms with Crippen molar-refractivity contribution in [1.82, 2.24) is 5.32 Å². The first-order valence-corrected chi connectivity index (χ1v) is 10.1. The Labute approximate surface area is 154 Å². The Morgan fingerprint density at radius 1 is 1.27 bits per heavy atom. The number of nitrogens with two attached hydrogens (primary N) is 1. The fourth-order valence-corrected chi connectivity index (χ4v) is 3.92. The third kappa shape index (κ3) is 3.89. The van der Waals surface area contributed by atoms with Crippen molar-refractivity contribution in [3.05, 3.63) is 59.7 Å². The summed E-state index contributed by atoms with van der Waals surface area (Å²) in [5.41, 5.74) is 2.83. The van der Waals surface area contributed by atoms with Crippen molar-refractivity contribution in [3.8, 4) is 0 Å². The van der Waals surface area contributed by atoms with Gasteiger partial charge in [0.05, 0.1) is 17.5 Å². The molecule has 3 rings (SSSR count). The molecule has 138 valence electrons. The minimum atomic E-state index is -3.73. The Bertz CT molecular complexity index is 913. The van der Waals surface area contributed by atoms with Crippen LogP contribution in [0.5, 0.6) is 0 Å². The number of rotatable bonds is 5. The van der Waals surface area contributed by atoms with Crippen LogP contribution in [0.4, 0.5) is 5.69 Å². The van der Waals surface area contributed by atoms with Crippen LogP contribution in [0.15, 0.2) is 53.4 Å². The second-order valence-electron chi connectivity index (χ2n) is 6.72. The molecular weight excluding hydrogens is 350 g/mol. The highest BCUT2D eigenvalue weighted by Crippen LogP contribution is 2.33. The Morgan fingerprint density at radius 2 is 1.96 bits per heavy atom. The lowest BCUT2D eigenvalue weighted by molar-refractivity contribution is -0.120. The summed E-state index contributed by atoms with van der Waals surface area (Å²) < 4.78 is 23.1. The van der Waals surface area contributed by atoms with Gasteiger partial charge in [-0.1, -0.05) is 30.3 Å². The molecule has 1 aliphatic heterocycles. The van der Waals surface area contributed by atoms with E-state index in [2.05, 4.69) is 5.32 Å². The van der Waals surface area contributed by atoms with Crippen molar-refractivity contribution >= 4 is 21.6 Å². The quantitative estimate of drug-likeness (QED) is 0.838. The lowest BCUT2D eigenvalue weighted by Crippen LogP contribution is -2.40. The van der Waals surface area contributed by atoms with Gasteiger partial charge < -0.3 is 10.2 Å². The van der Waals surface area contributed by atoms with Gasteiger partial charge in [0.1, 0.15) is 0 Å². The van der Waals surface area contributed by atoms with E-state index in [1.807, 2.05) is 49.1 Å². The van der Waals surface area contributed by atoms with Crippen molar-refractivity contribution in [2.75, 3.05) is 11.4 Å². The monoisotopic (exact) mass is 373 g/mol. The van der Waals surface area contributed by atoms with E-state index in [0.717, 1.165) is 16.8 Å². The van der Waals surface area contributed by atoms with E-state index in [4.69, 9.17) is 5.14 Å². The molecule has 2 aromatic rings. The Morgan fingerprint density at radius 3 is 2.62 bits per heavy atom. The van der Waals surface area contributed by atoms with E-state index in [1.165, 1.54) is 6.07 Å². The van der Waals surface area contributed by atoms with E-state index in [1.54, 1.807) is 12.1 Å². The van der Waals surface area contributed by atoms with Crippen LogP contribution in [0.25, 0.3) is 0 Å². The first-order valence-electron chi connectivity index (χ1n) is 8.52. The van der Waals surface area contributed by atoms with Crippen molar-refractivity contribution < 1.29 is 13.2 Å². The van der Waals surface area contributed by atoms with Crippen molar-refractivity contribution in [3.63, 3.8) is 0 Å². The summed E-state index contributed by atoms with van der Waals surface area (Å²) in [6.45, 7) is 4.19. The average Bonchev–Trinajstić information content (AvgIpc) is 2.89. The zero-order valence-electron chi connectivity index (χ0n) is 14.8. The second kappa shape index (κ2) is 7.09. The number of nitrogens with one attached hydrogen (secondary N) is 1. The van der Waals surface area contributed by atoms with Gasteiger partial charge >= 0.3 is 0 Å². The van der Waals surface area contributed by atoms with Gasteiger partial charge in [-0.15, -0.1) is 0 Å². The minimum Gasteiger partial charge on any atom is -0.359 e. The lowest BCUT2D eigenvalue weighted by atomic mass is 10.1. The summed E-state index contributed by atoms with van der Waals surface area (Å²) in [4.78, 5) is 14.6. The number of sulfonamides is 1. The molecule has 3 N–H and O–H groups in total. The first kappa shape index (κ1) is 18.4. The van der Waals surface area contributed by atoms with Gasteiger partial charge in [-0.3, -0.25) is 4.79 Å². The van der Waals surface area contributed by atoms with Gasteiger partial charge in [0, 0.05) is 11.7 Å². The molecule has 7 heteroatoms. The van der Waals surface area contributed by atoms with E-state index in [-0.39, 0.29) is 29.4 Å². The smallest absolute Gasteiger partial charge is 0.240 e. The number of amides is 1. The molecule has 2 aromatic carbocycles. The molecule has 6 nitrogen and oxygen atoms in total. The fraction of sp³-hybridized carbons (Fsp3) is 0.316. The molecule has 2 atom stereocenters. The highest BCUT2D eigenvalue weighted by atomic mass is 32.2. The largest absolute Gasteiger partial charge is 0.359 e. The van der Waals surface area contributed by atoms with E-state index < -0.39 is 10.0 Å². The highest BCUT2D eigenvalue weighted by molar-refractivity contribution is 7.89. The normalized spacial score (nSPS) is 17.7. The summed E-state index contributed by atoms with van der Waals surface area (Å²) in [6, 6.07) is 14.6. The van der Waals surface area contributed by atoms with Crippen LogP contribution in [0, 0.1) is 0 Å². The molecule has 0 saturated carbocycles. The third-order valence-electron chi connectivity index (χ3n) is 4.73. The topological polar surface area (TPSA) is 92.5 Å². The highest BCUT2D eigenvalue weighted by Gasteiger charge is 2.29. The maximum absolute atomic E-state index is 12.5. The van der Waals surface area contributed by atoms with Crippen molar-refractivity contribution in [1.29, 1.82) is 0 Å². The number of anilines is 1. The molecule has 0 spiro atoms. The van der Waals surface area contributed by atoms with Gasteiger partial charge in [-0.25, -0.2) is 13.6 Å². The number of hydrogen-bond donors (Lipinski definition) is 2. The molecule has 26 heavy (non-hydrogen) atoms. The Balaban J connectivity index is 1.72. The molecule has 1 amide bonds. The van der Waals surface area contributed by atoms with Crippen molar-refractivity contribution in [2.24, 2.45) is 5.14 Å². The number of hydrogen-bond acceptors (Lipinski definition) is 4. The van der Waals surface area contributed by atoms with Crippen LogP contribution < -0.4 is 15.4 Å². The summed E-state index contributed by atoms with van der Waals surface area (Å²) in [5, 5.41) is 8.22. The molecule has 1 heterocycles. The minimum absolute atomic E-state index is 0.0726. The molecule has 2 unspecified atom stereocenters. The molecule has 0 radical (unpaired) electrons. The SMILES string of the molecule is CC(NC(=O)CN1c2ccc(S(N)(=O)=O)cc2CC1C)c1ccccc1. The van der Waals surface area contributed by atoms with Gasteiger partial charge in [-0.05, 0) is 49.6 Å². The molecule has 0 aliphatic carbocycles. The number of nitrogens with zero attached hydrogens (tertiary/aromatic N) is 1. The van der Waals surface area contributed by atoms with E-state index in [0.29, 0.717) is 6.42 Å². The van der Waals surface area contributed by atoms with Gasteiger partial charge in [-0.2, -0.15) is 0 Å². The molecule has 0 fully saturated rings. The van der Waals surface area contributed by atoms with Crippen LogP contribution in [0.3, 0.4) is 0 Å². The standard InChI is InChI=1S/C19H23N3O3S/c1-13-10-16-11-17(26(20,24)25)8-9-18(16)22(13)12-19(23)21-14(2)15-6-4-3-5-7-15/h3-9,11,13-14H,10,12H2,1-2H3,(H,21,23)(H2,20,24,25). The van der Waals surface area contributed by atoms with Crippen LogP contribution in [-0.2, 0) is 21.2 Å². The zero-order valence-corrected chi connectivity index (χ0v) is 15.7. The maximum Gasteiger partial charge on any atom is 0.240 e. The Kier molecular flexibility index (Phi) is 5.02. The van der Waals surface area contributed by atoms with E-state index >= 15 is 0 Å². The number of benzene rings is 2. The third-order valence-corrected chi connectivity index (χ3v) is 5.64. The van der Waals surface area contributed by atoms with Gasteiger partial charge in [0.25, 0.3) is 0 Å². The van der Waals surface area contributed by atoms with Gasteiger partial charge in [0.2, 0.25) is 15.9 Å². The predicted octanol–water partition coefficient (Wildman–Crippen LogP) is 1.96. The number of fused-ring (bicyclic) bond motifs is 1. The van der Waals surface area contributed by atoms with Crippen LogP contribution in [0.2, 0.25) is 0 Å². The zero-order chi connectivity index (χ0) is 18.9. The summed E-state index contributed by atoms with van der Waals surface area (Å²) in [7, 11) is -3.73. The van der Waals surface area contributed by atoms with Crippen LogP contribution in [0.1, 0.15) is 31.0 Å². The molecule has 0 bridgehead atoms. The predicted molar refractivity (Wildman–Crippen MR) is 101 cm³/mol. The number of carbonyl (C=O) groups is 1. The summed E-state index contributed by atoms with van der Waals surface area (Å²) >= 11 is 0. The second-order valence-corrected chi connectivity index (χ2v) is 8.28. The molecule has 0 aromatic heterocycles. The first-order chi connectivity index (χ1) is 12.3. The van der Waals surface area contributed by atoms with Crippen LogP contribution in [-0.4, -0.2) is 26.9 Å². The Hall–Kier alpha value is -2.38. The fourth-order valence-electron chi connectivity index (χ4n) is 3.36. The van der Waals surface area contributed by atoms with Crippen LogP contribution >= 0.6 is 0 Å². The maximum atomic E-state index is 12.5. The average molecular weight is 373 g/mol. The summed E-state index contributed by atoms with van der Waals surface area (Å²) in [6.07, 6.45) is 0.681. The molecule has 1 aliphatic rings. The van der Waals surface area contributed by atoms with Gasteiger partial charge in [0.15, 0.2) is 0 Å². The molecular formula is C19H23N3O3S. The molecule has 0 saturated heterocycles. The number of carbonyl (C=O) groups excluding carboxylic acids is 1. The van der Waals surface area contributed by atoms with E-state index in [9.17, 15) is 13.2 Å².